The van der Waals surface area contributed by atoms with Crippen molar-refractivity contribution in [1.82, 2.24) is 0 Å². The fourth-order valence-corrected chi connectivity index (χ4v) is 1.60. The molecule has 5 heteroatoms. The van der Waals surface area contributed by atoms with Gasteiger partial charge in [0.15, 0.2) is 11.6 Å². The highest BCUT2D eigenvalue weighted by molar-refractivity contribution is 6.30. The summed E-state index contributed by atoms with van der Waals surface area (Å²) in [7, 11) is 0. The minimum absolute atomic E-state index is 0.00866. The smallest absolute Gasteiger partial charge is 0.166 e. The number of nitrogens with zero attached hydrogens (tertiary/aromatic N) is 1. The Bertz CT molecular complexity index is 652. The Morgan fingerprint density at radius 2 is 1.89 bits per heavy atom. The minimum atomic E-state index is -0.631. The average Bonchev–Trinajstić information content (AvgIpc) is 2.41. The standard InChI is InChI=1S/C14H8ClF2NO/c15-11-3-1-10(6-12(11)16)8-19-14-4-2-9(7-18)5-13(14)17/h1-6H,8H2. The monoisotopic (exact) mass is 279 g/mol. The summed E-state index contributed by atoms with van der Waals surface area (Å²) < 4.78 is 31.9. The fraction of sp³-hybridized carbons (Fsp3) is 0.0714. The largest absolute Gasteiger partial charge is 0.486 e. The predicted octanol–water partition coefficient (Wildman–Crippen LogP) is 4.07. The summed E-state index contributed by atoms with van der Waals surface area (Å²) in [5, 5.41) is 8.63. The highest BCUT2D eigenvalue weighted by Crippen LogP contribution is 2.21. The molecule has 2 rings (SSSR count). The topological polar surface area (TPSA) is 33.0 Å². The van der Waals surface area contributed by atoms with Gasteiger partial charge in [0.25, 0.3) is 0 Å². The van der Waals surface area contributed by atoms with Crippen molar-refractivity contribution in [2.45, 2.75) is 6.61 Å². The van der Waals surface area contributed by atoms with Crippen LogP contribution in [0.2, 0.25) is 5.02 Å². The molecule has 0 saturated carbocycles. The second-order valence-corrected chi connectivity index (χ2v) is 4.20. The van der Waals surface area contributed by atoms with E-state index in [1.165, 1.54) is 24.3 Å². The van der Waals surface area contributed by atoms with Crippen LogP contribution in [-0.4, -0.2) is 0 Å². The van der Waals surface area contributed by atoms with Gasteiger partial charge < -0.3 is 4.74 Å². The number of nitriles is 1. The number of rotatable bonds is 3. The lowest BCUT2D eigenvalue weighted by molar-refractivity contribution is 0.289. The maximum Gasteiger partial charge on any atom is 0.166 e. The quantitative estimate of drug-likeness (QED) is 0.848. The first-order valence-electron chi connectivity index (χ1n) is 5.36. The van der Waals surface area contributed by atoms with Gasteiger partial charge in [-0.15, -0.1) is 0 Å². The second kappa shape index (κ2) is 5.68. The van der Waals surface area contributed by atoms with Gasteiger partial charge >= 0.3 is 0 Å². The Balaban J connectivity index is 2.10. The summed E-state index contributed by atoms with van der Waals surface area (Å²) in [5.74, 6) is -1.18. The van der Waals surface area contributed by atoms with Gasteiger partial charge in [0, 0.05) is 0 Å². The van der Waals surface area contributed by atoms with Crippen molar-refractivity contribution in [3.05, 3.63) is 64.2 Å². The summed E-state index contributed by atoms with van der Waals surface area (Å²) in [6.07, 6.45) is 0. The van der Waals surface area contributed by atoms with Crippen molar-refractivity contribution in [2.75, 3.05) is 0 Å². The van der Waals surface area contributed by atoms with Crippen molar-refractivity contribution in [3.63, 3.8) is 0 Å². The first-order chi connectivity index (χ1) is 9.10. The number of hydrogen-bond donors (Lipinski definition) is 0. The SMILES string of the molecule is N#Cc1ccc(OCc2ccc(Cl)c(F)c2)c(F)c1. The Morgan fingerprint density at radius 3 is 2.53 bits per heavy atom. The zero-order valence-electron chi connectivity index (χ0n) is 9.66. The normalized spacial score (nSPS) is 10.0. The van der Waals surface area contributed by atoms with E-state index in [0.717, 1.165) is 6.07 Å². The second-order valence-electron chi connectivity index (χ2n) is 3.79. The molecule has 0 N–H and O–H groups in total. The first-order valence-corrected chi connectivity index (χ1v) is 5.74. The molecular weight excluding hydrogens is 272 g/mol. The molecule has 0 atom stereocenters. The number of benzene rings is 2. The van der Waals surface area contributed by atoms with E-state index in [9.17, 15) is 8.78 Å². The van der Waals surface area contributed by atoms with Crippen LogP contribution in [0.1, 0.15) is 11.1 Å². The lowest BCUT2D eigenvalue weighted by Crippen LogP contribution is -1.98. The Labute approximate surface area is 113 Å². The van der Waals surface area contributed by atoms with Crippen LogP contribution >= 0.6 is 11.6 Å². The van der Waals surface area contributed by atoms with E-state index in [1.807, 2.05) is 6.07 Å². The Kier molecular flexibility index (Phi) is 3.98. The molecule has 0 aliphatic carbocycles. The van der Waals surface area contributed by atoms with Crippen LogP contribution in [0, 0.1) is 23.0 Å². The molecule has 0 fully saturated rings. The van der Waals surface area contributed by atoms with Gasteiger partial charge in [-0.05, 0) is 35.9 Å². The maximum atomic E-state index is 13.5. The van der Waals surface area contributed by atoms with Crippen molar-refractivity contribution in [3.8, 4) is 11.8 Å². The van der Waals surface area contributed by atoms with Crippen LogP contribution in [0.15, 0.2) is 36.4 Å². The molecule has 0 aliphatic rings. The molecule has 0 amide bonds. The molecule has 0 unspecified atom stereocenters. The van der Waals surface area contributed by atoms with Crippen molar-refractivity contribution in [1.29, 1.82) is 5.26 Å². The van der Waals surface area contributed by atoms with Gasteiger partial charge in [-0.1, -0.05) is 17.7 Å². The molecule has 0 radical (unpaired) electrons. The van der Waals surface area contributed by atoms with Gasteiger partial charge in [0.05, 0.1) is 16.7 Å². The van der Waals surface area contributed by atoms with Crippen LogP contribution in [0.4, 0.5) is 8.78 Å². The van der Waals surface area contributed by atoms with Gasteiger partial charge in [0.2, 0.25) is 0 Å². The van der Waals surface area contributed by atoms with Crippen molar-refractivity contribution >= 4 is 11.6 Å². The number of halogens is 3. The van der Waals surface area contributed by atoms with Crippen molar-refractivity contribution in [2.24, 2.45) is 0 Å². The first kappa shape index (κ1) is 13.3. The molecule has 0 bridgehead atoms. The molecule has 19 heavy (non-hydrogen) atoms. The lowest BCUT2D eigenvalue weighted by Gasteiger charge is -2.07. The van der Waals surface area contributed by atoms with Crippen LogP contribution in [0.3, 0.4) is 0 Å². The van der Waals surface area contributed by atoms with Crippen LogP contribution in [-0.2, 0) is 6.61 Å². The molecule has 2 aromatic carbocycles. The minimum Gasteiger partial charge on any atom is -0.486 e. The molecular formula is C14H8ClF2NO. The molecule has 0 heterocycles. The summed E-state index contributed by atoms with van der Waals surface area (Å²) in [6.45, 7) is 0.0108. The summed E-state index contributed by atoms with van der Waals surface area (Å²) in [4.78, 5) is 0. The van der Waals surface area contributed by atoms with E-state index in [0.29, 0.717) is 5.56 Å². The predicted molar refractivity (Wildman–Crippen MR) is 66.9 cm³/mol. The Morgan fingerprint density at radius 1 is 1.11 bits per heavy atom. The highest BCUT2D eigenvalue weighted by atomic mass is 35.5. The zero-order valence-corrected chi connectivity index (χ0v) is 10.4. The fourth-order valence-electron chi connectivity index (χ4n) is 1.48. The highest BCUT2D eigenvalue weighted by Gasteiger charge is 2.06. The van der Waals surface area contributed by atoms with E-state index in [4.69, 9.17) is 21.6 Å². The molecule has 2 aromatic rings. The van der Waals surface area contributed by atoms with Crippen molar-refractivity contribution < 1.29 is 13.5 Å². The van der Waals surface area contributed by atoms with Gasteiger partial charge in [0.1, 0.15) is 12.4 Å². The van der Waals surface area contributed by atoms with E-state index >= 15 is 0 Å². The third-order valence-electron chi connectivity index (χ3n) is 2.44. The molecule has 0 aromatic heterocycles. The van der Waals surface area contributed by atoms with Gasteiger partial charge in [-0.2, -0.15) is 5.26 Å². The zero-order chi connectivity index (χ0) is 13.8. The number of hydrogen-bond acceptors (Lipinski definition) is 2. The van der Waals surface area contributed by atoms with E-state index in [1.54, 1.807) is 6.07 Å². The third kappa shape index (κ3) is 3.21. The van der Waals surface area contributed by atoms with Crippen LogP contribution in [0.25, 0.3) is 0 Å². The third-order valence-corrected chi connectivity index (χ3v) is 2.75. The molecule has 0 saturated heterocycles. The van der Waals surface area contributed by atoms with Gasteiger partial charge in [-0.25, -0.2) is 8.78 Å². The lowest BCUT2D eigenvalue weighted by atomic mass is 10.2. The van der Waals surface area contributed by atoms with Crippen LogP contribution < -0.4 is 4.74 Å². The number of ether oxygens (including phenoxy) is 1. The van der Waals surface area contributed by atoms with E-state index in [-0.39, 0.29) is 22.9 Å². The Hall–Kier alpha value is -2.12. The maximum absolute atomic E-state index is 13.5. The average molecular weight is 280 g/mol. The van der Waals surface area contributed by atoms with E-state index < -0.39 is 11.6 Å². The molecule has 96 valence electrons. The van der Waals surface area contributed by atoms with E-state index in [2.05, 4.69) is 0 Å². The van der Waals surface area contributed by atoms with Gasteiger partial charge in [-0.3, -0.25) is 0 Å². The summed E-state index contributed by atoms with van der Waals surface area (Å²) >= 11 is 5.55. The molecule has 0 aliphatic heterocycles. The molecule has 0 spiro atoms. The summed E-state index contributed by atoms with van der Waals surface area (Å²) in [6, 6.07) is 9.93. The molecule has 2 nitrogen and oxygen atoms in total. The van der Waals surface area contributed by atoms with Crippen LogP contribution in [0.5, 0.6) is 5.75 Å². The summed E-state index contributed by atoms with van der Waals surface area (Å²) in [5.41, 5.74) is 0.744.